The van der Waals surface area contributed by atoms with E-state index in [9.17, 15) is 14.0 Å². The molecule has 0 saturated carbocycles. The number of ether oxygens (including phenoxy) is 1. The first-order chi connectivity index (χ1) is 17.9. The fourth-order valence-corrected chi connectivity index (χ4v) is 6.33. The van der Waals surface area contributed by atoms with Crippen molar-refractivity contribution < 1.29 is 18.7 Å². The molecule has 0 spiro atoms. The summed E-state index contributed by atoms with van der Waals surface area (Å²) < 4.78 is 18.5. The fraction of sp³-hybridized carbons (Fsp3) is 0.379. The van der Waals surface area contributed by atoms with E-state index in [1.54, 1.807) is 30.6 Å². The largest absolute Gasteiger partial charge is 0.497 e. The predicted molar refractivity (Wildman–Crippen MR) is 142 cm³/mol. The third-order valence-corrected chi connectivity index (χ3v) is 8.40. The third-order valence-electron chi connectivity index (χ3n) is 7.40. The number of piperazine rings is 1. The summed E-state index contributed by atoms with van der Waals surface area (Å²) >= 11 is 1.78. The molecule has 37 heavy (non-hydrogen) atoms. The van der Waals surface area contributed by atoms with Crippen molar-refractivity contribution in [2.75, 3.05) is 39.8 Å². The Bertz CT molecular complexity index is 1240. The van der Waals surface area contributed by atoms with Crippen LogP contribution in [0.5, 0.6) is 5.75 Å². The van der Waals surface area contributed by atoms with Crippen LogP contribution in [0.3, 0.4) is 0 Å². The lowest BCUT2D eigenvalue weighted by atomic mass is 9.93. The first-order valence-electron chi connectivity index (χ1n) is 12.7. The molecule has 2 atom stereocenters. The highest BCUT2D eigenvalue weighted by Crippen LogP contribution is 2.38. The van der Waals surface area contributed by atoms with Gasteiger partial charge in [-0.3, -0.25) is 14.5 Å². The zero-order valence-corrected chi connectivity index (χ0v) is 22.0. The second kappa shape index (κ2) is 11.0. The van der Waals surface area contributed by atoms with E-state index in [1.165, 1.54) is 22.6 Å². The third kappa shape index (κ3) is 5.55. The highest BCUT2D eigenvalue weighted by molar-refractivity contribution is 7.10. The number of rotatable bonds is 6. The molecule has 6 nitrogen and oxygen atoms in total. The molecule has 3 heterocycles. The van der Waals surface area contributed by atoms with Gasteiger partial charge in [0.25, 0.3) is 0 Å². The monoisotopic (exact) mass is 521 g/mol. The van der Waals surface area contributed by atoms with Crippen molar-refractivity contribution in [1.29, 1.82) is 0 Å². The van der Waals surface area contributed by atoms with E-state index < -0.39 is 0 Å². The van der Waals surface area contributed by atoms with Crippen molar-refractivity contribution in [3.8, 4) is 5.75 Å². The number of halogens is 1. The Balaban J connectivity index is 1.24. The maximum Gasteiger partial charge on any atom is 0.236 e. The molecule has 0 radical (unpaired) electrons. The summed E-state index contributed by atoms with van der Waals surface area (Å²) in [4.78, 5) is 33.8. The van der Waals surface area contributed by atoms with Crippen molar-refractivity contribution in [1.82, 2.24) is 14.7 Å². The van der Waals surface area contributed by atoms with Gasteiger partial charge in [-0.25, -0.2) is 4.39 Å². The highest BCUT2D eigenvalue weighted by Gasteiger charge is 2.34. The molecule has 8 heteroatoms. The molecule has 0 bridgehead atoms. The number of carbonyl (C=O) groups excluding carboxylic acids is 2. The van der Waals surface area contributed by atoms with Crippen molar-refractivity contribution >= 4 is 23.2 Å². The maximum atomic E-state index is 13.5. The van der Waals surface area contributed by atoms with Crippen molar-refractivity contribution in [2.24, 2.45) is 0 Å². The van der Waals surface area contributed by atoms with Crippen LogP contribution < -0.4 is 4.74 Å². The zero-order chi connectivity index (χ0) is 25.9. The predicted octanol–water partition coefficient (Wildman–Crippen LogP) is 4.15. The topological polar surface area (TPSA) is 53.1 Å². The normalized spacial score (nSPS) is 20.0. The van der Waals surface area contributed by atoms with Gasteiger partial charge >= 0.3 is 0 Å². The zero-order valence-electron chi connectivity index (χ0n) is 21.2. The lowest BCUT2D eigenvalue weighted by molar-refractivity contribution is -0.143. The van der Waals surface area contributed by atoms with E-state index in [-0.39, 0.29) is 36.1 Å². The van der Waals surface area contributed by atoms with E-state index >= 15 is 0 Å². The lowest BCUT2D eigenvalue weighted by Crippen LogP contribution is -2.57. The molecule has 194 valence electrons. The van der Waals surface area contributed by atoms with Gasteiger partial charge in [0.1, 0.15) is 11.6 Å². The number of fused-ring (bicyclic) bond motifs is 1. The van der Waals surface area contributed by atoms with E-state index in [4.69, 9.17) is 4.74 Å². The van der Waals surface area contributed by atoms with Crippen LogP contribution in [0.2, 0.25) is 0 Å². The molecule has 2 aliphatic heterocycles. The average molecular weight is 522 g/mol. The van der Waals surface area contributed by atoms with E-state index in [0.717, 1.165) is 29.8 Å². The Morgan fingerprint density at radius 1 is 1.00 bits per heavy atom. The molecule has 1 saturated heterocycles. The molecule has 2 amide bonds. The number of nitrogens with zero attached hydrogens (tertiary/aromatic N) is 3. The first-order valence-corrected chi connectivity index (χ1v) is 13.6. The van der Waals surface area contributed by atoms with E-state index in [0.29, 0.717) is 26.2 Å². The van der Waals surface area contributed by atoms with Gasteiger partial charge in [0.15, 0.2) is 0 Å². The van der Waals surface area contributed by atoms with Gasteiger partial charge in [0, 0.05) is 37.1 Å². The van der Waals surface area contributed by atoms with Gasteiger partial charge in [-0.2, -0.15) is 0 Å². The Labute approximate surface area is 221 Å². The molecule has 3 aromatic rings. The van der Waals surface area contributed by atoms with Gasteiger partial charge in [-0.15, -0.1) is 11.3 Å². The molecular formula is C29H32FN3O3S. The second-order valence-electron chi connectivity index (χ2n) is 9.77. The molecule has 2 aromatic carbocycles. The van der Waals surface area contributed by atoms with Crippen LogP contribution in [-0.4, -0.2) is 72.4 Å². The minimum atomic E-state index is -0.310. The summed E-state index contributed by atoms with van der Waals surface area (Å²) in [5, 5.41) is 2.14. The molecule has 1 aromatic heterocycles. The molecule has 0 aliphatic carbocycles. The van der Waals surface area contributed by atoms with E-state index in [1.807, 2.05) is 28.9 Å². The molecular weight excluding hydrogens is 489 g/mol. The van der Waals surface area contributed by atoms with Gasteiger partial charge in [-0.1, -0.05) is 24.3 Å². The van der Waals surface area contributed by atoms with Crippen LogP contribution >= 0.6 is 11.3 Å². The van der Waals surface area contributed by atoms with Gasteiger partial charge in [0.2, 0.25) is 11.8 Å². The smallest absolute Gasteiger partial charge is 0.236 e. The minimum absolute atomic E-state index is 0.00629. The number of benzene rings is 2. The standard InChI is InChI=1S/C29H32FN3O3S/c1-20-18-31(14-15-33(20)27(34)17-21-3-7-23(30)8-4-21)28(35)19-32-13-11-26-25(12-16-37-26)29(32)22-5-9-24(36-2)10-6-22/h3-10,12,16,20,29H,11,13-15,17-19H2,1-2H3/t20-,29-/m1/s1. The Morgan fingerprint density at radius 2 is 1.76 bits per heavy atom. The Hall–Kier alpha value is -3.23. The highest BCUT2D eigenvalue weighted by atomic mass is 32.1. The van der Waals surface area contributed by atoms with Crippen molar-refractivity contribution in [3.05, 3.63) is 87.4 Å². The first kappa shape index (κ1) is 25.4. The molecule has 0 N–H and O–H groups in total. The van der Waals surface area contributed by atoms with Crippen LogP contribution in [0, 0.1) is 5.82 Å². The molecule has 1 fully saturated rings. The number of amides is 2. The fourth-order valence-electron chi connectivity index (χ4n) is 5.42. The van der Waals surface area contributed by atoms with E-state index in [2.05, 4.69) is 28.5 Å². The summed E-state index contributed by atoms with van der Waals surface area (Å²) in [6.07, 6.45) is 1.17. The maximum absolute atomic E-state index is 13.5. The summed E-state index contributed by atoms with van der Waals surface area (Å²) in [6, 6.07) is 16.3. The number of hydrogen-bond acceptors (Lipinski definition) is 5. The number of carbonyl (C=O) groups is 2. The molecule has 2 aliphatic rings. The molecule has 0 unspecified atom stereocenters. The Kier molecular flexibility index (Phi) is 7.58. The summed E-state index contributed by atoms with van der Waals surface area (Å²) in [7, 11) is 1.66. The second-order valence-corrected chi connectivity index (χ2v) is 10.8. The number of methoxy groups -OCH3 is 1. The quantitative estimate of drug-likeness (QED) is 0.489. The molecule has 5 rings (SSSR count). The average Bonchev–Trinajstić information content (AvgIpc) is 3.39. The van der Waals surface area contributed by atoms with Crippen LogP contribution in [0.1, 0.15) is 34.5 Å². The van der Waals surface area contributed by atoms with Gasteiger partial charge in [-0.05, 0) is 65.7 Å². The SMILES string of the molecule is COc1ccc([C@@H]2c3ccsc3CCN2CC(=O)N2CCN(C(=O)Cc3ccc(F)cc3)[C@H](C)C2)cc1. The van der Waals surface area contributed by atoms with Crippen LogP contribution in [0.15, 0.2) is 60.0 Å². The summed E-state index contributed by atoms with van der Waals surface area (Å²) in [6.45, 7) is 4.68. The van der Waals surface area contributed by atoms with Gasteiger partial charge < -0.3 is 14.5 Å². The Morgan fingerprint density at radius 3 is 2.46 bits per heavy atom. The van der Waals surface area contributed by atoms with Crippen LogP contribution in [0.25, 0.3) is 0 Å². The lowest BCUT2D eigenvalue weighted by Gasteiger charge is -2.42. The van der Waals surface area contributed by atoms with Crippen molar-refractivity contribution in [3.63, 3.8) is 0 Å². The number of thiophene rings is 1. The van der Waals surface area contributed by atoms with Crippen LogP contribution in [-0.2, 0) is 22.4 Å². The van der Waals surface area contributed by atoms with Gasteiger partial charge in [0.05, 0.1) is 26.1 Å². The van der Waals surface area contributed by atoms with Crippen molar-refractivity contribution in [2.45, 2.75) is 31.8 Å². The summed E-state index contributed by atoms with van der Waals surface area (Å²) in [5.41, 5.74) is 3.22. The minimum Gasteiger partial charge on any atom is -0.497 e. The summed E-state index contributed by atoms with van der Waals surface area (Å²) in [5.74, 6) is 0.602. The van der Waals surface area contributed by atoms with Crippen LogP contribution in [0.4, 0.5) is 4.39 Å². The number of hydrogen-bond donors (Lipinski definition) is 0.